The van der Waals surface area contributed by atoms with Gasteiger partial charge in [-0.2, -0.15) is 0 Å². The molecule has 35 heavy (non-hydrogen) atoms. The molecule has 1 unspecified atom stereocenters. The second-order valence-corrected chi connectivity index (χ2v) is 9.93. The number of fused-ring (bicyclic) bond motifs is 1. The SMILES string of the molecule is CCOc1ccc(C2C(C(=O)OC(C)C)=C(C)N=c3sc(=Cc4cc(C)n(C)c4C)c(=O)n32)cc1. The molecule has 1 aromatic carbocycles. The van der Waals surface area contributed by atoms with E-state index >= 15 is 0 Å². The van der Waals surface area contributed by atoms with Gasteiger partial charge in [0.2, 0.25) is 0 Å². The summed E-state index contributed by atoms with van der Waals surface area (Å²) in [4.78, 5) is 32.2. The highest BCUT2D eigenvalue weighted by molar-refractivity contribution is 7.07. The molecule has 184 valence electrons. The molecule has 8 heteroatoms. The smallest absolute Gasteiger partial charge is 0.338 e. The van der Waals surface area contributed by atoms with Gasteiger partial charge < -0.3 is 14.0 Å². The number of rotatable bonds is 6. The standard InChI is InChI=1S/C27H31N3O4S/c1-8-33-21-11-9-19(10-12-21)24-23(26(32)34-15(2)3)17(5)28-27-30(24)25(31)22(35-27)14-20-13-16(4)29(7)18(20)6/h9-15,24H,8H2,1-7H3. The third-order valence-corrected chi connectivity index (χ3v) is 7.18. The Morgan fingerprint density at radius 2 is 1.89 bits per heavy atom. The van der Waals surface area contributed by atoms with Gasteiger partial charge in [0.1, 0.15) is 5.75 Å². The molecule has 0 saturated carbocycles. The molecule has 1 aliphatic heterocycles. The number of hydrogen-bond acceptors (Lipinski definition) is 6. The van der Waals surface area contributed by atoms with Crippen LogP contribution in [0.1, 0.15) is 56.3 Å². The Kier molecular flexibility index (Phi) is 6.85. The summed E-state index contributed by atoms with van der Waals surface area (Å²) in [6.07, 6.45) is 1.62. The third kappa shape index (κ3) is 4.62. The van der Waals surface area contributed by atoms with Crippen LogP contribution in [0.4, 0.5) is 0 Å². The van der Waals surface area contributed by atoms with Gasteiger partial charge in [0.05, 0.1) is 34.6 Å². The molecule has 1 aliphatic rings. The zero-order valence-electron chi connectivity index (χ0n) is 21.2. The van der Waals surface area contributed by atoms with Crippen LogP contribution in [0, 0.1) is 13.8 Å². The van der Waals surface area contributed by atoms with E-state index in [1.54, 1.807) is 25.3 Å². The Labute approximate surface area is 208 Å². The summed E-state index contributed by atoms with van der Waals surface area (Å²) < 4.78 is 15.4. The highest BCUT2D eigenvalue weighted by Crippen LogP contribution is 2.32. The number of carbonyl (C=O) groups is 1. The third-order valence-electron chi connectivity index (χ3n) is 6.19. The number of nitrogens with zero attached hydrogens (tertiary/aromatic N) is 3. The number of ether oxygens (including phenoxy) is 2. The summed E-state index contributed by atoms with van der Waals surface area (Å²) in [5.41, 5.74) is 4.71. The van der Waals surface area contributed by atoms with Crippen molar-refractivity contribution in [2.45, 2.75) is 53.7 Å². The van der Waals surface area contributed by atoms with Crippen molar-refractivity contribution in [3.63, 3.8) is 0 Å². The van der Waals surface area contributed by atoms with E-state index < -0.39 is 12.0 Å². The first-order valence-corrected chi connectivity index (χ1v) is 12.5. The molecule has 2 aromatic heterocycles. The number of thiazole rings is 1. The first-order valence-electron chi connectivity index (χ1n) is 11.7. The van der Waals surface area contributed by atoms with Gasteiger partial charge in [0.15, 0.2) is 4.80 Å². The van der Waals surface area contributed by atoms with Crippen molar-refractivity contribution in [2.24, 2.45) is 12.0 Å². The van der Waals surface area contributed by atoms with E-state index in [9.17, 15) is 9.59 Å². The molecule has 0 radical (unpaired) electrons. The minimum absolute atomic E-state index is 0.184. The van der Waals surface area contributed by atoms with Gasteiger partial charge in [-0.1, -0.05) is 23.5 Å². The first-order chi connectivity index (χ1) is 16.6. The quantitative estimate of drug-likeness (QED) is 0.493. The molecule has 0 aliphatic carbocycles. The Balaban J connectivity index is 1.93. The molecule has 3 aromatic rings. The largest absolute Gasteiger partial charge is 0.494 e. The predicted octanol–water partition coefficient (Wildman–Crippen LogP) is 3.54. The fraction of sp³-hybridized carbons (Fsp3) is 0.370. The van der Waals surface area contributed by atoms with Crippen molar-refractivity contribution in [3.05, 3.63) is 83.8 Å². The fourth-order valence-corrected chi connectivity index (χ4v) is 5.30. The zero-order chi connectivity index (χ0) is 25.4. The minimum Gasteiger partial charge on any atom is -0.494 e. The maximum absolute atomic E-state index is 13.7. The summed E-state index contributed by atoms with van der Waals surface area (Å²) in [5, 5.41) is 0. The van der Waals surface area contributed by atoms with Gasteiger partial charge in [0, 0.05) is 18.4 Å². The van der Waals surface area contributed by atoms with E-state index in [2.05, 4.69) is 15.6 Å². The van der Waals surface area contributed by atoms with Crippen molar-refractivity contribution in [2.75, 3.05) is 6.61 Å². The maximum Gasteiger partial charge on any atom is 0.338 e. The van der Waals surface area contributed by atoms with Crippen LogP contribution in [0.5, 0.6) is 5.75 Å². The molecule has 1 atom stereocenters. The van der Waals surface area contributed by atoms with Crippen LogP contribution >= 0.6 is 11.3 Å². The number of esters is 1. The Morgan fingerprint density at radius 1 is 1.20 bits per heavy atom. The van der Waals surface area contributed by atoms with E-state index in [-0.39, 0.29) is 11.7 Å². The Morgan fingerprint density at radius 3 is 2.46 bits per heavy atom. The molecule has 0 amide bonds. The summed E-state index contributed by atoms with van der Waals surface area (Å²) in [5.74, 6) is 0.259. The molecule has 0 N–H and O–H groups in total. The van der Waals surface area contributed by atoms with E-state index in [0.717, 1.165) is 28.3 Å². The van der Waals surface area contributed by atoms with Crippen molar-refractivity contribution in [1.29, 1.82) is 0 Å². The summed E-state index contributed by atoms with van der Waals surface area (Å²) in [7, 11) is 2.01. The van der Waals surface area contributed by atoms with Crippen molar-refractivity contribution >= 4 is 23.4 Å². The van der Waals surface area contributed by atoms with Gasteiger partial charge in [-0.05, 0) is 76.9 Å². The van der Waals surface area contributed by atoms with Crippen LogP contribution in [0.25, 0.3) is 6.08 Å². The normalized spacial score (nSPS) is 15.9. The lowest BCUT2D eigenvalue weighted by molar-refractivity contribution is -0.143. The Bertz CT molecular complexity index is 1490. The molecule has 0 bridgehead atoms. The minimum atomic E-state index is -0.645. The van der Waals surface area contributed by atoms with Crippen molar-refractivity contribution in [3.8, 4) is 5.75 Å². The van der Waals surface area contributed by atoms with Gasteiger partial charge in [-0.25, -0.2) is 9.79 Å². The zero-order valence-corrected chi connectivity index (χ0v) is 22.0. The predicted molar refractivity (Wildman–Crippen MR) is 137 cm³/mol. The van der Waals surface area contributed by atoms with Gasteiger partial charge in [0.25, 0.3) is 5.56 Å². The number of carbonyl (C=O) groups excluding carboxylic acids is 1. The number of allylic oxidation sites excluding steroid dienone is 1. The summed E-state index contributed by atoms with van der Waals surface area (Å²) in [6.45, 7) is 11.9. The summed E-state index contributed by atoms with van der Waals surface area (Å²) in [6, 6.07) is 8.90. The number of benzene rings is 1. The fourth-order valence-electron chi connectivity index (χ4n) is 4.26. The maximum atomic E-state index is 13.7. The van der Waals surface area contributed by atoms with Crippen molar-refractivity contribution < 1.29 is 14.3 Å². The molecular weight excluding hydrogens is 462 g/mol. The van der Waals surface area contributed by atoms with E-state index in [4.69, 9.17) is 9.47 Å². The monoisotopic (exact) mass is 493 g/mol. The van der Waals surface area contributed by atoms with E-state index in [1.807, 2.05) is 58.2 Å². The molecule has 4 rings (SSSR count). The Hall–Kier alpha value is -3.39. The highest BCUT2D eigenvalue weighted by Gasteiger charge is 2.33. The molecule has 0 spiro atoms. The highest BCUT2D eigenvalue weighted by atomic mass is 32.1. The van der Waals surface area contributed by atoms with Crippen LogP contribution in [-0.2, 0) is 16.6 Å². The van der Waals surface area contributed by atoms with E-state index in [1.165, 1.54) is 11.3 Å². The lowest BCUT2D eigenvalue weighted by Crippen LogP contribution is -2.40. The van der Waals surface area contributed by atoms with Crippen LogP contribution in [0.15, 0.2) is 51.4 Å². The van der Waals surface area contributed by atoms with Crippen molar-refractivity contribution in [1.82, 2.24) is 9.13 Å². The van der Waals surface area contributed by atoms with Crippen LogP contribution in [0.2, 0.25) is 0 Å². The number of hydrogen-bond donors (Lipinski definition) is 0. The van der Waals surface area contributed by atoms with Crippen LogP contribution in [0.3, 0.4) is 0 Å². The van der Waals surface area contributed by atoms with Gasteiger partial charge in [-0.15, -0.1) is 0 Å². The average Bonchev–Trinajstić information content (AvgIpc) is 3.23. The van der Waals surface area contributed by atoms with E-state index in [0.29, 0.717) is 27.2 Å². The second-order valence-electron chi connectivity index (χ2n) is 8.92. The first kappa shape index (κ1) is 24.7. The average molecular weight is 494 g/mol. The second kappa shape index (κ2) is 9.70. The molecule has 0 fully saturated rings. The van der Waals surface area contributed by atoms with Gasteiger partial charge >= 0.3 is 5.97 Å². The molecule has 7 nitrogen and oxygen atoms in total. The lowest BCUT2D eigenvalue weighted by Gasteiger charge is -2.25. The lowest BCUT2D eigenvalue weighted by atomic mass is 9.96. The molecular formula is C27H31N3O4S. The molecule has 0 saturated heterocycles. The summed E-state index contributed by atoms with van der Waals surface area (Å²) >= 11 is 1.33. The van der Waals surface area contributed by atoms with Crippen LogP contribution < -0.4 is 19.6 Å². The topological polar surface area (TPSA) is 74.8 Å². The molecule has 3 heterocycles. The van der Waals surface area contributed by atoms with Crippen LogP contribution in [-0.4, -0.2) is 27.8 Å². The number of aryl methyl sites for hydroxylation is 1. The van der Waals surface area contributed by atoms with Gasteiger partial charge in [-0.3, -0.25) is 9.36 Å². The number of aromatic nitrogens is 2.